The molecular weight excluding hydrogens is 356 g/mol. The zero-order valence-corrected chi connectivity index (χ0v) is 16.5. The minimum absolute atomic E-state index is 0.216. The van der Waals surface area contributed by atoms with Gasteiger partial charge in [-0.2, -0.15) is 0 Å². The molecule has 28 heavy (non-hydrogen) atoms. The lowest BCUT2D eigenvalue weighted by molar-refractivity contribution is -0.134. The topological polar surface area (TPSA) is 72.8 Å². The van der Waals surface area contributed by atoms with Crippen molar-refractivity contribution < 1.29 is 24.2 Å². The molecule has 0 heterocycles. The maximum atomic E-state index is 11.3. The van der Waals surface area contributed by atoms with Crippen LogP contribution in [0.25, 0.3) is 0 Å². The fourth-order valence-electron chi connectivity index (χ4n) is 3.01. The molecule has 0 saturated heterocycles. The Morgan fingerprint density at radius 1 is 0.821 bits per heavy atom. The molecular formula is C23H28O5. The Hall–Kier alpha value is -2.66. The minimum atomic E-state index is -0.482. The largest absolute Gasteiger partial charge is 0.423 e. The smallest absolute Gasteiger partial charge is 0.308 e. The number of benzene rings is 2. The highest BCUT2D eigenvalue weighted by Crippen LogP contribution is 2.29. The molecule has 0 bridgehead atoms. The molecule has 0 radical (unpaired) electrons. The Labute approximate surface area is 166 Å². The van der Waals surface area contributed by atoms with Crippen LogP contribution >= 0.6 is 0 Å². The molecule has 0 aliphatic carbocycles. The van der Waals surface area contributed by atoms with Gasteiger partial charge in [0.25, 0.3) is 0 Å². The number of aryl methyl sites for hydroxylation is 2. The maximum Gasteiger partial charge on any atom is 0.308 e. The second-order valence-corrected chi connectivity index (χ2v) is 6.89. The molecule has 2 rings (SSSR count). The van der Waals surface area contributed by atoms with Gasteiger partial charge in [0.05, 0.1) is 6.10 Å². The Balaban J connectivity index is 1.80. The monoisotopic (exact) mass is 384 g/mol. The number of hydrogen-bond acceptors (Lipinski definition) is 5. The summed E-state index contributed by atoms with van der Waals surface area (Å²) in [5, 5.41) is 10.2. The Morgan fingerprint density at radius 3 is 2.18 bits per heavy atom. The van der Waals surface area contributed by atoms with Crippen LogP contribution in [0, 0.1) is 0 Å². The molecule has 150 valence electrons. The predicted molar refractivity (Wildman–Crippen MR) is 107 cm³/mol. The van der Waals surface area contributed by atoms with E-state index in [0.717, 1.165) is 31.2 Å². The Bertz CT molecular complexity index is 770. The van der Waals surface area contributed by atoms with Crippen LogP contribution in [-0.2, 0) is 22.4 Å². The maximum absolute atomic E-state index is 11.3. The molecule has 0 spiro atoms. The van der Waals surface area contributed by atoms with E-state index in [1.165, 1.54) is 19.4 Å². The molecule has 0 aromatic heterocycles. The van der Waals surface area contributed by atoms with E-state index in [2.05, 4.69) is 12.1 Å². The van der Waals surface area contributed by atoms with Gasteiger partial charge in [-0.05, 0) is 55.4 Å². The van der Waals surface area contributed by atoms with Gasteiger partial charge in [-0.25, -0.2) is 0 Å². The molecule has 0 amide bonds. The molecule has 0 aliphatic heterocycles. The lowest BCUT2D eigenvalue weighted by Gasteiger charge is -2.13. The van der Waals surface area contributed by atoms with Gasteiger partial charge in [0.15, 0.2) is 11.5 Å². The summed E-state index contributed by atoms with van der Waals surface area (Å²) < 4.78 is 10.2. The van der Waals surface area contributed by atoms with E-state index in [0.29, 0.717) is 12.8 Å². The number of rotatable bonds is 10. The average Bonchev–Trinajstić information content (AvgIpc) is 2.65. The van der Waals surface area contributed by atoms with Crippen molar-refractivity contribution >= 4 is 11.9 Å². The van der Waals surface area contributed by atoms with Crippen molar-refractivity contribution in [2.75, 3.05) is 0 Å². The van der Waals surface area contributed by atoms with Gasteiger partial charge < -0.3 is 14.6 Å². The van der Waals surface area contributed by atoms with Crippen LogP contribution in [0.2, 0.25) is 0 Å². The van der Waals surface area contributed by atoms with Crippen molar-refractivity contribution in [2.45, 2.75) is 58.5 Å². The van der Waals surface area contributed by atoms with Crippen LogP contribution in [0.15, 0.2) is 48.5 Å². The molecule has 0 saturated carbocycles. The summed E-state index contributed by atoms with van der Waals surface area (Å²) in [6, 6.07) is 15.4. The third-order valence-corrected chi connectivity index (χ3v) is 4.38. The number of carbonyl (C=O) groups excluding carboxylic acids is 2. The van der Waals surface area contributed by atoms with Crippen LogP contribution < -0.4 is 9.47 Å². The number of esters is 2. The second-order valence-electron chi connectivity index (χ2n) is 6.89. The van der Waals surface area contributed by atoms with Crippen molar-refractivity contribution in [1.29, 1.82) is 0 Å². The zero-order chi connectivity index (χ0) is 20.4. The first-order valence-electron chi connectivity index (χ1n) is 9.66. The highest BCUT2D eigenvalue weighted by Gasteiger charge is 2.12. The lowest BCUT2D eigenvalue weighted by atomic mass is 10.0. The molecule has 2 aromatic rings. The highest BCUT2D eigenvalue weighted by molar-refractivity contribution is 5.73. The first-order valence-corrected chi connectivity index (χ1v) is 9.66. The molecule has 5 heteroatoms. The molecule has 0 aliphatic rings. The summed E-state index contributed by atoms with van der Waals surface area (Å²) in [5.41, 5.74) is 2.23. The summed E-state index contributed by atoms with van der Waals surface area (Å²) in [7, 11) is 0. The van der Waals surface area contributed by atoms with E-state index in [1.54, 1.807) is 12.1 Å². The normalized spacial score (nSPS) is 11.7. The summed E-state index contributed by atoms with van der Waals surface area (Å²) in [4.78, 5) is 22.4. The summed E-state index contributed by atoms with van der Waals surface area (Å²) in [5.74, 6) is -0.526. The standard InChI is InChI=1S/C23H28O5/c1-17(24)27-22-15-13-20(16-23(22)28-18(2)25)12-14-21(26)11-7-6-10-19-8-4-3-5-9-19/h3-5,8-9,13,15-16,21,26H,6-7,10-12,14H2,1-2H3. The van der Waals surface area contributed by atoms with Gasteiger partial charge in [-0.15, -0.1) is 0 Å². The third-order valence-electron chi connectivity index (χ3n) is 4.38. The van der Waals surface area contributed by atoms with Crippen molar-refractivity contribution in [2.24, 2.45) is 0 Å². The fourth-order valence-corrected chi connectivity index (χ4v) is 3.01. The molecule has 2 aromatic carbocycles. The van der Waals surface area contributed by atoms with Crippen LogP contribution in [0.3, 0.4) is 0 Å². The first kappa shape index (κ1) is 21.6. The highest BCUT2D eigenvalue weighted by atomic mass is 16.6. The van der Waals surface area contributed by atoms with Crippen molar-refractivity contribution in [3.8, 4) is 11.5 Å². The van der Waals surface area contributed by atoms with Gasteiger partial charge in [-0.1, -0.05) is 42.8 Å². The van der Waals surface area contributed by atoms with Gasteiger partial charge in [0, 0.05) is 13.8 Å². The van der Waals surface area contributed by atoms with Gasteiger partial charge >= 0.3 is 11.9 Å². The number of aliphatic hydroxyl groups excluding tert-OH is 1. The van der Waals surface area contributed by atoms with Gasteiger partial charge in [0.2, 0.25) is 0 Å². The van der Waals surface area contributed by atoms with Gasteiger partial charge in [-0.3, -0.25) is 9.59 Å². The van der Waals surface area contributed by atoms with Gasteiger partial charge in [0.1, 0.15) is 0 Å². The Morgan fingerprint density at radius 2 is 1.50 bits per heavy atom. The summed E-state index contributed by atoms with van der Waals surface area (Å²) >= 11 is 0. The minimum Gasteiger partial charge on any atom is -0.423 e. The first-order chi connectivity index (χ1) is 13.4. The van der Waals surface area contributed by atoms with Crippen LogP contribution in [0.4, 0.5) is 0 Å². The fraction of sp³-hybridized carbons (Fsp3) is 0.391. The molecule has 0 fully saturated rings. The number of hydrogen-bond donors (Lipinski definition) is 1. The number of ether oxygens (including phenoxy) is 2. The SMILES string of the molecule is CC(=O)Oc1ccc(CCC(O)CCCCc2ccccc2)cc1OC(C)=O. The Kier molecular flexibility index (Phi) is 8.69. The van der Waals surface area contributed by atoms with Crippen molar-refractivity contribution in [1.82, 2.24) is 0 Å². The van der Waals surface area contributed by atoms with Crippen molar-refractivity contribution in [3.63, 3.8) is 0 Å². The lowest BCUT2D eigenvalue weighted by Crippen LogP contribution is -2.09. The van der Waals surface area contributed by atoms with Crippen molar-refractivity contribution in [3.05, 3.63) is 59.7 Å². The summed E-state index contributed by atoms with van der Waals surface area (Å²) in [6.45, 7) is 2.59. The summed E-state index contributed by atoms with van der Waals surface area (Å²) in [6.07, 6.45) is 4.70. The average molecular weight is 384 g/mol. The van der Waals surface area contributed by atoms with E-state index in [-0.39, 0.29) is 17.6 Å². The van der Waals surface area contributed by atoms with E-state index in [9.17, 15) is 14.7 Å². The van der Waals surface area contributed by atoms with Crippen LogP contribution in [0.5, 0.6) is 11.5 Å². The van der Waals surface area contributed by atoms with E-state index in [1.807, 2.05) is 24.3 Å². The third kappa shape index (κ3) is 7.92. The molecule has 1 unspecified atom stereocenters. The number of unbranched alkanes of at least 4 members (excludes halogenated alkanes) is 1. The predicted octanol–water partition coefficient (Wildman–Crippen LogP) is 4.24. The quantitative estimate of drug-likeness (QED) is 0.377. The van der Waals surface area contributed by atoms with E-state index < -0.39 is 11.9 Å². The van der Waals surface area contributed by atoms with Crippen LogP contribution in [0.1, 0.15) is 50.7 Å². The van der Waals surface area contributed by atoms with E-state index >= 15 is 0 Å². The molecule has 1 N–H and O–H groups in total. The number of aliphatic hydroxyl groups is 1. The second kappa shape index (κ2) is 11.2. The number of carbonyl (C=O) groups is 2. The zero-order valence-electron chi connectivity index (χ0n) is 16.5. The molecule has 5 nitrogen and oxygen atoms in total. The van der Waals surface area contributed by atoms with Crippen LogP contribution in [-0.4, -0.2) is 23.1 Å². The van der Waals surface area contributed by atoms with E-state index in [4.69, 9.17) is 9.47 Å². The molecule has 1 atom stereocenters.